The zero-order valence-corrected chi connectivity index (χ0v) is 17.7. The molecule has 0 aliphatic carbocycles. The summed E-state index contributed by atoms with van der Waals surface area (Å²) in [4.78, 5) is 27.1. The molecule has 0 atom stereocenters. The Hall–Kier alpha value is -2.29. The maximum Gasteiger partial charge on any atom is 0.291 e. The van der Waals surface area contributed by atoms with Crippen molar-refractivity contribution in [3.63, 3.8) is 0 Å². The van der Waals surface area contributed by atoms with Crippen molar-refractivity contribution >= 4 is 52.5 Å². The quantitative estimate of drug-likeness (QED) is 0.427. The van der Waals surface area contributed by atoms with Gasteiger partial charge in [0.1, 0.15) is 5.69 Å². The third kappa shape index (κ3) is 4.34. The number of rotatable bonds is 5. The monoisotopic (exact) mass is 472 g/mol. The van der Waals surface area contributed by atoms with Crippen molar-refractivity contribution in [3.8, 4) is 22.7 Å². The van der Waals surface area contributed by atoms with Crippen LogP contribution in [0.15, 0.2) is 47.3 Å². The molecule has 0 aliphatic rings. The Morgan fingerprint density at radius 1 is 1.07 bits per heavy atom. The molecule has 29 heavy (non-hydrogen) atoms. The topological polar surface area (TPSA) is 85.2 Å². The van der Waals surface area contributed by atoms with Gasteiger partial charge < -0.3 is 4.74 Å². The fraction of sp³-hybridized carbons (Fsp3) is 0.0556. The van der Waals surface area contributed by atoms with Gasteiger partial charge in [0.15, 0.2) is 5.75 Å². The average Bonchev–Trinajstić information content (AvgIpc) is 2.69. The standard InChI is InChI=1S/C18H12Cl4N4O3/c1-29-17-15(12-7-4-10(20)8-13(12)21)26(11-5-2-9(19)3-6-11)24-14(16(17)27)18(28)23-25-22/h2-8,25H,1H3,(H,23,28). The average molecular weight is 474 g/mol. The van der Waals surface area contributed by atoms with Crippen molar-refractivity contribution in [1.82, 2.24) is 20.2 Å². The van der Waals surface area contributed by atoms with Crippen LogP contribution in [0.2, 0.25) is 15.1 Å². The second-order valence-electron chi connectivity index (χ2n) is 5.62. The second kappa shape index (κ2) is 9.02. The van der Waals surface area contributed by atoms with Crippen molar-refractivity contribution in [2.75, 3.05) is 7.11 Å². The summed E-state index contributed by atoms with van der Waals surface area (Å²) in [5.41, 5.74) is 2.07. The third-order valence-corrected chi connectivity index (χ3v) is 4.78. The molecule has 2 aromatic carbocycles. The number of halogens is 4. The Balaban J connectivity index is 2.41. The second-order valence-corrected chi connectivity index (χ2v) is 7.09. The molecule has 1 amide bonds. The number of ether oxygens (including phenoxy) is 1. The van der Waals surface area contributed by atoms with E-state index >= 15 is 0 Å². The molecule has 0 bridgehead atoms. The summed E-state index contributed by atoms with van der Waals surface area (Å²) in [5.74, 6) is -0.987. The molecule has 0 unspecified atom stereocenters. The number of nitrogens with zero attached hydrogens (tertiary/aromatic N) is 2. The molecule has 2 N–H and O–H groups in total. The molecule has 0 radical (unpaired) electrons. The minimum Gasteiger partial charge on any atom is -0.491 e. The van der Waals surface area contributed by atoms with E-state index in [-0.39, 0.29) is 16.5 Å². The van der Waals surface area contributed by atoms with Crippen LogP contribution in [0, 0.1) is 0 Å². The molecule has 0 aliphatic heterocycles. The van der Waals surface area contributed by atoms with Crippen LogP contribution in [-0.4, -0.2) is 22.8 Å². The van der Waals surface area contributed by atoms with E-state index in [1.165, 1.54) is 17.9 Å². The highest BCUT2D eigenvalue weighted by Gasteiger charge is 2.25. The number of methoxy groups -OCH3 is 1. The summed E-state index contributed by atoms with van der Waals surface area (Å²) < 4.78 is 6.70. The fourth-order valence-electron chi connectivity index (χ4n) is 2.63. The number of amides is 1. The number of hydrogen-bond acceptors (Lipinski definition) is 5. The lowest BCUT2D eigenvalue weighted by Gasteiger charge is -2.18. The minimum absolute atomic E-state index is 0.140. The SMILES string of the molecule is COc1c(-c2ccc(Cl)cc2Cl)n(-c2ccc(Cl)cc2)nc(C(=O)NNCl)c1=O. The number of carbonyl (C=O) groups is 1. The molecule has 0 saturated carbocycles. The predicted octanol–water partition coefficient (Wildman–Crippen LogP) is 4.26. The van der Waals surface area contributed by atoms with E-state index in [0.29, 0.717) is 21.3 Å². The lowest BCUT2D eigenvalue weighted by atomic mass is 10.1. The normalized spacial score (nSPS) is 10.7. The zero-order chi connectivity index (χ0) is 21.1. The number of nitrogens with one attached hydrogen (secondary N) is 2. The number of hydrogen-bond donors (Lipinski definition) is 2. The smallest absolute Gasteiger partial charge is 0.291 e. The summed E-state index contributed by atoms with van der Waals surface area (Å²) in [7, 11) is 1.30. The first kappa shape index (κ1) is 21.4. The molecule has 1 aromatic heterocycles. The van der Waals surface area contributed by atoms with Crippen LogP contribution in [-0.2, 0) is 0 Å². The van der Waals surface area contributed by atoms with Crippen LogP contribution in [0.5, 0.6) is 5.75 Å². The van der Waals surface area contributed by atoms with Crippen molar-refractivity contribution in [3.05, 3.63) is 73.4 Å². The molecular formula is C18H12Cl4N4O3. The molecule has 3 rings (SSSR count). The van der Waals surface area contributed by atoms with Crippen LogP contribution in [0.4, 0.5) is 0 Å². The lowest BCUT2D eigenvalue weighted by molar-refractivity contribution is 0.0937. The summed E-state index contributed by atoms with van der Waals surface area (Å²) in [6.45, 7) is 0. The summed E-state index contributed by atoms with van der Waals surface area (Å²) in [6.07, 6.45) is 0. The van der Waals surface area contributed by atoms with Crippen LogP contribution < -0.4 is 20.5 Å². The van der Waals surface area contributed by atoms with Crippen LogP contribution in [0.25, 0.3) is 16.9 Å². The molecule has 0 spiro atoms. The highest BCUT2D eigenvalue weighted by molar-refractivity contribution is 6.36. The number of aromatic nitrogens is 2. The van der Waals surface area contributed by atoms with E-state index in [0.717, 1.165) is 0 Å². The molecular weight excluding hydrogens is 462 g/mol. The molecule has 11 heteroatoms. The van der Waals surface area contributed by atoms with Gasteiger partial charge in [0.25, 0.3) is 11.3 Å². The van der Waals surface area contributed by atoms with Crippen LogP contribution in [0.1, 0.15) is 10.5 Å². The Kier molecular flexibility index (Phi) is 6.66. The van der Waals surface area contributed by atoms with Gasteiger partial charge in [-0.25, -0.2) is 4.68 Å². The van der Waals surface area contributed by atoms with E-state index in [1.807, 2.05) is 4.94 Å². The molecule has 3 aromatic rings. The van der Waals surface area contributed by atoms with Gasteiger partial charge in [-0.05, 0) is 54.2 Å². The number of benzene rings is 2. The van der Waals surface area contributed by atoms with Gasteiger partial charge >= 0.3 is 0 Å². The zero-order valence-electron chi connectivity index (χ0n) is 14.7. The molecule has 150 valence electrons. The van der Waals surface area contributed by atoms with E-state index in [9.17, 15) is 9.59 Å². The largest absolute Gasteiger partial charge is 0.491 e. The van der Waals surface area contributed by atoms with Crippen molar-refractivity contribution < 1.29 is 9.53 Å². The van der Waals surface area contributed by atoms with Gasteiger partial charge in [0.05, 0.1) is 17.8 Å². The first-order valence-electron chi connectivity index (χ1n) is 7.96. The van der Waals surface area contributed by atoms with Gasteiger partial charge in [-0.3, -0.25) is 15.0 Å². The highest BCUT2D eigenvalue weighted by Crippen LogP contribution is 2.35. The maximum absolute atomic E-state index is 12.9. The fourth-order valence-corrected chi connectivity index (χ4v) is 3.34. The van der Waals surface area contributed by atoms with Gasteiger partial charge in [-0.1, -0.05) is 34.8 Å². The van der Waals surface area contributed by atoms with E-state index in [4.69, 9.17) is 51.3 Å². The van der Waals surface area contributed by atoms with E-state index in [1.54, 1.807) is 36.4 Å². The van der Waals surface area contributed by atoms with Crippen molar-refractivity contribution in [1.29, 1.82) is 0 Å². The van der Waals surface area contributed by atoms with Gasteiger partial charge in [-0.2, -0.15) is 5.10 Å². The maximum atomic E-state index is 12.9. The first-order chi connectivity index (χ1) is 13.9. The molecule has 0 fully saturated rings. The highest BCUT2D eigenvalue weighted by atomic mass is 35.5. The Morgan fingerprint density at radius 2 is 1.72 bits per heavy atom. The predicted molar refractivity (Wildman–Crippen MR) is 113 cm³/mol. The summed E-state index contributed by atoms with van der Waals surface area (Å²) >= 11 is 23.7. The third-order valence-electron chi connectivity index (χ3n) is 3.89. The summed E-state index contributed by atoms with van der Waals surface area (Å²) in [5, 5.41) is 5.39. The molecule has 0 saturated heterocycles. The van der Waals surface area contributed by atoms with Crippen LogP contribution >= 0.6 is 46.6 Å². The van der Waals surface area contributed by atoms with E-state index in [2.05, 4.69) is 10.5 Å². The van der Waals surface area contributed by atoms with Crippen molar-refractivity contribution in [2.24, 2.45) is 0 Å². The molecule has 1 heterocycles. The van der Waals surface area contributed by atoms with Crippen LogP contribution in [0.3, 0.4) is 0 Å². The Labute approximate surface area is 185 Å². The minimum atomic E-state index is -0.847. The lowest BCUT2D eigenvalue weighted by Crippen LogP contribution is -2.36. The Bertz CT molecular complexity index is 1130. The van der Waals surface area contributed by atoms with Crippen molar-refractivity contribution in [2.45, 2.75) is 0 Å². The molecule has 7 nitrogen and oxygen atoms in total. The van der Waals surface area contributed by atoms with Gasteiger partial charge in [0, 0.05) is 15.6 Å². The first-order valence-corrected chi connectivity index (χ1v) is 9.47. The summed E-state index contributed by atoms with van der Waals surface area (Å²) in [6, 6.07) is 11.3. The van der Waals surface area contributed by atoms with E-state index < -0.39 is 17.0 Å². The van der Waals surface area contributed by atoms with Gasteiger partial charge in [-0.15, -0.1) is 4.94 Å². The van der Waals surface area contributed by atoms with Gasteiger partial charge in [0.2, 0.25) is 5.69 Å². The number of hydrazine groups is 1. The number of carbonyl (C=O) groups excluding carboxylic acids is 1. The Morgan fingerprint density at radius 3 is 2.31 bits per heavy atom.